The molecule has 0 amide bonds. The van der Waals surface area contributed by atoms with Gasteiger partial charge in [-0.3, -0.25) is 5.41 Å². The van der Waals surface area contributed by atoms with Gasteiger partial charge in [-0.05, 0) is 12.1 Å². The Morgan fingerprint density at radius 1 is 1.38 bits per heavy atom. The van der Waals surface area contributed by atoms with Gasteiger partial charge in [-0.2, -0.15) is 0 Å². The molecule has 13 heavy (non-hydrogen) atoms. The molecule has 2 nitrogen and oxygen atoms in total. The summed E-state index contributed by atoms with van der Waals surface area (Å²) >= 11 is 5.53. The van der Waals surface area contributed by atoms with Crippen LogP contribution in [0, 0.1) is 5.41 Å². The Morgan fingerprint density at radius 2 is 1.92 bits per heavy atom. The third-order valence-electron chi connectivity index (χ3n) is 1.67. The van der Waals surface area contributed by atoms with Gasteiger partial charge in [0, 0.05) is 12.7 Å². The third-order valence-corrected chi connectivity index (χ3v) is 1.93. The highest BCUT2D eigenvalue weighted by Gasteiger charge is 2.03. The predicted molar refractivity (Wildman–Crippen MR) is 60.5 cm³/mol. The topological polar surface area (TPSA) is 27.1 Å². The quantitative estimate of drug-likeness (QED) is 0.462. The third kappa shape index (κ3) is 3.25. The number of halogens is 2. The van der Waals surface area contributed by atoms with Crippen LogP contribution in [0.25, 0.3) is 0 Å². The van der Waals surface area contributed by atoms with Crippen molar-refractivity contribution < 1.29 is 0 Å². The molecule has 4 heteroatoms. The Kier molecular flexibility index (Phi) is 5.51. The fourth-order valence-electron chi connectivity index (χ4n) is 0.897. The van der Waals surface area contributed by atoms with E-state index in [0.717, 1.165) is 5.69 Å². The molecule has 1 N–H and O–H groups in total. The molecule has 1 aromatic rings. The highest BCUT2D eigenvalue weighted by Crippen LogP contribution is 2.11. The lowest BCUT2D eigenvalue weighted by Gasteiger charge is -2.17. The first-order valence-electron chi connectivity index (χ1n) is 3.68. The number of benzene rings is 1. The Hall–Kier alpha value is -0.730. The summed E-state index contributed by atoms with van der Waals surface area (Å²) in [5, 5.41) is 7.47. The summed E-state index contributed by atoms with van der Waals surface area (Å²) in [6, 6.07) is 9.71. The maximum atomic E-state index is 7.47. The maximum absolute atomic E-state index is 7.47. The average molecular weight is 219 g/mol. The minimum Gasteiger partial charge on any atom is -0.332 e. The van der Waals surface area contributed by atoms with E-state index in [1.807, 2.05) is 37.4 Å². The smallest absolute Gasteiger partial charge is 0.115 e. The van der Waals surface area contributed by atoms with Crippen LogP contribution in [0.2, 0.25) is 0 Å². The Labute approximate surface area is 89.4 Å². The number of nitrogens with zero attached hydrogens (tertiary/aromatic N) is 1. The number of nitrogens with one attached hydrogen (secondary N) is 1. The highest BCUT2D eigenvalue weighted by atomic mass is 35.5. The molecule has 0 aliphatic rings. The molecule has 0 aliphatic heterocycles. The second-order valence-electron chi connectivity index (χ2n) is 2.47. The van der Waals surface area contributed by atoms with Crippen LogP contribution in [0.5, 0.6) is 0 Å². The van der Waals surface area contributed by atoms with E-state index in [4.69, 9.17) is 17.0 Å². The Balaban J connectivity index is 0.00000144. The molecule has 0 spiro atoms. The van der Waals surface area contributed by atoms with Crippen molar-refractivity contribution in [3.63, 3.8) is 0 Å². The van der Waals surface area contributed by atoms with Gasteiger partial charge in [0.05, 0.1) is 5.88 Å². The van der Waals surface area contributed by atoms with Crippen molar-refractivity contribution in [3.8, 4) is 0 Å². The average Bonchev–Trinajstić information content (AvgIpc) is 2.17. The zero-order valence-corrected chi connectivity index (χ0v) is 8.90. The molecule has 0 unspecified atom stereocenters. The molecule has 1 rings (SSSR count). The van der Waals surface area contributed by atoms with Gasteiger partial charge in [-0.1, -0.05) is 18.2 Å². The molecule has 0 fully saturated rings. The van der Waals surface area contributed by atoms with Crippen LogP contribution in [-0.2, 0) is 0 Å². The molecular formula is C9H12Cl2N2. The van der Waals surface area contributed by atoms with Crippen molar-refractivity contribution in [1.29, 1.82) is 5.41 Å². The fraction of sp³-hybridized carbons (Fsp3) is 0.222. The van der Waals surface area contributed by atoms with Crippen molar-refractivity contribution in [2.75, 3.05) is 17.8 Å². The largest absolute Gasteiger partial charge is 0.332 e. The fourth-order valence-corrected chi connectivity index (χ4v) is 1.08. The molecular weight excluding hydrogens is 207 g/mol. The zero-order chi connectivity index (χ0) is 8.97. The van der Waals surface area contributed by atoms with Crippen molar-refractivity contribution >= 4 is 35.5 Å². The van der Waals surface area contributed by atoms with Crippen molar-refractivity contribution in [1.82, 2.24) is 0 Å². The van der Waals surface area contributed by atoms with Gasteiger partial charge in [0.25, 0.3) is 0 Å². The van der Waals surface area contributed by atoms with Gasteiger partial charge in [0.1, 0.15) is 5.84 Å². The SMILES string of the molecule is CN(C(=N)CCl)c1ccccc1.Cl. The lowest BCUT2D eigenvalue weighted by atomic mass is 10.3. The number of anilines is 1. The highest BCUT2D eigenvalue weighted by molar-refractivity contribution is 6.29. The first-order valence-corrected chi connectivity index (χ1v) is 4.21. The van der Waals surface area contributed by atoms with Crippen LogP contribution in [0.15, 0.2) is 30.3 Å². The van der Waals surface area contributed by atoms with Crippen molar-refractivity contribution in [2.45, 2.75) is 0 Å². The second-order valence-corrected chi connectivity index (χ2v) is 2.74. The summed E-state index contributed by atoms with van der Waals surface area (Å²) in [5.41, 5.74) is 0.989. The van der Waals surface area contributed by atoms with Gasteiger partial charge >= 0.3 is 0 Å². The van der Waals surface area contributed by atoms with Crippen LogP contribution in [0.1, 0.15) is 0 Å². The Morgan fingerprint density at radius 3 is 2.38 bits per heavy atom. The lowest BCUT2D eigenvalue weighted by molar-refractivity contribution is 1.21. The predicted octanol–water partition coefficient (Wildman–Crippen LogP) is 2.76. The van der Waals surface area contributed by atoms with Crippen LogP contribution in [0.3, 0.4) is 0 Å². The van der Waals surface area contributed by atoms with Crippen LogP contribution >= 0.6 is 24.0 Å². The monoisotopic (exact) mass is 218 g/mol. The summed E-state index contributed by atoms with van der Waals surface area (Å²) in [7, 11) is 1.83. The zero-order valence-electron chi connectivity index (χ0n) is 7.33. The van der Waals surface area contributed by atoms with E-state index in [9.17, 15) is 0 Å². The number of amidine groups is 1. The van der Waals surface area contributed by atoms with Crippen molar-refractivity contribution in [2.24, 2.45) is 0 Å². The van der Waals surface area contributed by atoms with E-state index in [1.54, 1.807) is 4.90 Å². The minimum absolute atomic E-state index is 0. The summed E-state index contributed by atoms with van der Waals surface area (Å²) in [4.78, 5) is 1.76. The van der Waals surface area contributed by atoms with E-state index >= 15 is 0 Å². The molecule has 0 bridgehead atoms. The second kappa shape index (κ2) is 5.84. The summed E-state index contributed by atoms with van der Waals surface area (Å²) in [6.45, 7) is 0. The number of para-hydroxylation sites is 1. The Bertz CT molecular complexity index is 262. The molecule has 0 aromatic heterocycles. The van der Waals surface area contributed by atoms with E-state index in [0.29, 0.717) is 5.84 Å². The van der Waals surface area contributed by atoms with Crippen LogP contribution in [0.4, 0.5) is 5.69 Å². The lowest BCUT2D eigenvalue weighted by Crippen LogP contribution is -2.26. The summed E-state index contributed by atoms with van der Waals surface area (Å²) in [5.74, 6) is 0.647. The number of hydrogen-bond acceptors (Lipinski definition) is 1. The van der Waals surface area contributed by atoms with Crippen molar-refractivity contribution in [3.05, 3.63) is 30.3 Å². The molecule has 0 saturated carbocycles. The van der Waals surface area contributed by atoms with E-state index < -0.39 is 0 Å². The number of rotatable bonds is 2. The normalized spacial score (nSPS) is 8.77. The summed E-state index contributed by atoms with van der Waals surface area (Å²) in [6.07, 6.45) is 0. The van der Waals surface area contributed by atoms with Crippen LogP contribution < -0.4 is 4.90 Å². The molecule has 0 atom stereocenters. The standard InChI is InChI=1S/C9H11ClN2.ClH/c1-12(9(11)7-10)8-5-3-2-4-6-8;/h2-6,11H,7H2,1H3;1H. The van der Waals surface area contributed by atoms with E-state index in [2.05, 4.69) is 0 Å². The van der Waals surface area contributed by atoms with E-state index in [1.165, 1.54) is 0 Å². The summed E-state index contributed by atoms with van der Waals surface area (Å²) < 4.78 is 0. The van der Waals surface area contributed by atoms with Gasteiger partial charge in [0.2, 0.25) is 0 Å². The molecule has 0 heterocycles. The minimum atomic E-state index is 0. The van der Waals surface area contributed by atoms with E-state index in [-0.39, 0.29) is 18.3 Å². The van der Waals surface area contributed by atoms with Gasteiger partial charge in [-0.25, -0.2) is 0 Å². The molecule has 0 aliphatic carbocycles. The first kappa shape index (κ1) is 12.3. The molecule has 0 radical (unpaired) electrons. The van der Waals surface area contributed by atoms with Gasteiger partial charge in [-0.15, -0.1) is 24.0 Å². The first-order chi connectivity index (χ1) is 5.75. The molecule has 1 aromatic carbocycles. The van der Waals surface area contributed by atoms with Crippen LogP contribution in [-0.4, -0.2) is 18.8 Å². The molecule has 72 valence electrons. The molecule has 0 saturated heterocycles. The number of alkyl halides is 1. The van der Waals surface area contributed by atoms with Gasteiger partial charge < -0.3 is 4.90 Å². The number of hydrogen-bond donors (Lipinski definition) is 1. The van der Waals surface area contributed by atoms with Gasteiger partial charge in [0.15, 0.2) is 0 Å². The maximum Gasteiger partial charge on any atom is 0.115 e.